The van der Waals surface area contributed by atoms with Crippen molar-refractivity contribution in [2.75, 3.05) is 33.9 Å². The highest BCUT2D eigenvalue weighted by atomic mass is 79.9. The van der Waals surface area contributed by atoms with Crippen LogP contribution >= 0.6 is 15.9 Å². The topological polar surface area (TPSA) is 76.1 Å². The first-order chi connectivity index (χ1) is 13.3. The van der Waals surface area contributed by atoms with Crippen molar-refractivity contribution in [3.05, 3.63) is 35.4 Å². The molecule has 1 aromatic carbocycles. The first-order valence-corrected chi connectivity index (χ1v) is 10.2. The van der Waals surface area contributed by atoms with E-state index in [2.05, 4.69) is 20.8 Å². The number of aromatic hydroxyl groups is 1. The fourth-order valence-electron chi connectivity index (χ4n) is 4.55. The molecule has 6 nitrogen and oxygen atoms in total. The lowest BCUT2D eigenvalue weighted by molar-refractivity contribution is -0.157. The zero-order valence-electron chi connectivity index (χ0n) is 16.5. The average Bonchev–Trinajstić information content (AvgIpc) is 2.63. The van der Waals surface area contributed by atoms with Crippen LogP contribution in [0.25, 0.3) is 0 Å². The second kappa shape index (κ2) is 7.87. The summed E-state index contributed by atoms with van der Waals surface area (Å²) in [6.07, 6.45) is 3.84. The van der Waals surface area contributed by atoms with Gasteiger partial charge in [-0.3, -0.25) is 9.59 Å². The summed E-state index contributed by atoms with van der Waals surface area (Å²) in [7, 11) is 3.41. The Morgan fingerprint density at radius 3 is 2.75 bits per heavy atom. The zero-order valence-corrected chi connectivity index (χ0v) is 18.0. The number of allylic oxidation sites excluding steroid dienone is 1. The number of ketones is 1. The second-order valence-electron chi connectivity index (χ2n) is 7.57. The second-order valence-corrected chi connectivity index (χ2v) is 9.09. The number of ether oxygens (including phenoxy) is 2. The Balaban J connectivity index is 2.10. The van der Waals surface area contributed by atoms with Gasteiger partial charge in [0.05, 0.1) is 23.6 Å². The van der Waals surface area contributed by atoms with Gasteiger partial charge in [0.25, 0.3) is 0 Å². The number of nitrogens with zero attached hydrogens (tertiary/aromatic N) is 1. The van der Waals surface area contributed by atoms with Gasteiger partial charge in [0.1, 0.15) is 5.41 Å². The normalized spacial score (nSPS) is 28.8. The van der Waals surface area contributed by atoms with Crippen LogP contribution in [0.2, 0.25) is 0 Å². The Labute approximate surface area is 173 Å². The first kappa shape index (κ1) is 20.9. The fraction of sp³-hybridized carbons (Fsp3) is 0.524. The molecule has 3 rings (SSSR count). The number of halogens is 1. The summed E-state index contributed by atoms with van der Waals surface area (Å²) < 4.78 is 10.1. The number of likely N-dealkylation sites (tertiary alicyclic amines) is 1. The Morgan fingerprint density at radius 1 is 1.32 bits per heavy atom. The summed E-state index contributed by atoms with van der Waals surface area (Å²) in [5.41, 5.74) is 0.0310. The first-order valence-electron chi connectivity index (χ1n) is 9.45. The lowest BCUT2D eigenvalue weighted by Gasteiger charge is -2.53. The number of hydrogen-bond acceptors (Lipinski definition) is 6. The number of carbonyl (C=O) groups excluding carboxylic acids is 2. The maximum Gasteiger partial charge on any atom is 0.317 e. The molecular formula is C21H26BrNO5. The molecule has 2 bridgehead atoms. The van der Waals surface area contributed by atoms with Crippen LogP contribution in [0.3, 0.4) is 0 Å². The lowest BCUT2D eigenvalue weighted by atomic mass is 9.62. The zero-order chi connectivity index (χ0) is 20.5. The standard InChI is InChI=1S/C21H26BrNO5/c1-4-28-19(26)20-9-6-10-21(22,13-23(2)12-20)17(20)11-15(24)14-7-5-8-16(27-3)18(14)25/h5,7-8,11,25H,4,6,9-10,12-13H2,1-3H3/b17-11+/t20-,21+/m1/s1. The summed E-state index contributed by atoms with van der Waals surface area (Å²) in [5.74, 6) is -0.602. The maximum atomic E-state index is 13.1. The Hall–Kier alpha value is -1.86. The van der Waals surface area contributed by atoms with Crippen LogP contribution in [-0.4, -0.2) is 59.9 Å². The molecule has 1 saturated heterocycles. The van der Waals surface area contributed by atoms with Gasteiger partial charge in [-0.1, -0.05) is 28.4 Å². The summed E-state index contributed by atoms with van der Waals surface area (Å²) in [4.78, 5) is 28.2. The van der Waals surface area contributed by atoms with E-state index >= 15 is 0 Å². The van der Waals surface area contributed by atoms with Crippen molar-refractivity contribution in [2.45, 2.75) is 30.5 Å². The van der Waals surface area contributed by atoms with Crippen LogP contribution in [0.1, 0.15) is 36.5 Å². The molecule has 2 atom stereocenters. The van der Waals surface area contributed by atoms with Gasteiger partial charge < -0.3 is 19.5 Å². The molecule has 0 aromatic heterocycles. The van der Waals surface area contributed by atoms with E-state index < -0.39 is 9.74 Å². The molecule has 1 aromatic rings. The number of phenolic OH excluding ortho intramolecular Hbond substituents is 1. The van der Waals surface area contributed by atoms with Gasteiger partial charge >= 0.3 is 5.97 Å². The van der Waals surface area contributed by atoms with Crippen LogP contribution in [0.15, 0.2) is 29.8 Å². The number of piperidine rings is 1. The predicted octanol–water partition coefficient (Wildman–Crippen LogP) is 3.32. The highest BCUT2D eigenvalue weighted by Gasteiger charge is 2.57. The van der Waals surface area contributed by atoms with Crippen LogP contribution in [-0.2, 0) is 9.53 Å². The Bertz CT molecular complexity index is 823. The number of carbonyl (C=O) groups is 2. The molecule has 1 N–H and O–H groups in total. The van der Waals surface area contributed by atoms with E-state index in [1.807, 2.05) is 7.05 Å². The molecule has 1 aliphatic heterocycles. The number of esters is 1. The van der Waals surface area contributed by atoms with E-state index in [0.29, 0.717) is 19.5 Å². The molecule has 0 spiro atoms. The van der Waals surface area contributed by atoms with Crippen molar-refractivity contribution in [1.29, 1.82) is 0 Å². The number of alkyl halides is 1. The maximum absolute atomic E-state index is 13.1. The van der Waals surface area contributed by atoms with E-state index in [0.717, 1.165) is 18.4 Å². The molecule has 2 aliphatic rings. The van der Waals surface area contributed by atoms with Crippen LogP contribution in [0.4, 0.5) is 0 Å². The van der Waals surface area contributed by atoms with E-state index in [-0.39, 0.29) is 35.4 Å². The summed E-state index contributed by atoms with van der Waals surface area (Å²) in [6.45, 7) is 3.27. The van der Waals surface area contributed by atoms with Crippen molar-refractivity contribution >= 4 is 27.7 Å². The number of phenols is 1. The van der Waals surface area contributed by atoms with E-state index in [4.69, 9.17) is 9.47 Å². The molecule has 1 aliphatic carbocycles. The summed E-state index contributed by atoms with van der Waals surface area (Å²) in [6, 6.07) is 4.81. The van der Waals surface area contributed by atoms with Gasteiger partial charge in [-0.05, 0) is 50.6 Å². The van der Waals surface area contributed by atoms with Crippen molar-refractivity contribution < 1.29 is 24.2 Å². The van der Waals surface area contributed by atoms with Gasteiger partial charge in [0.2, 0.25) is 0 Å². The molecule has 7 heteroatoms. The molecule has 152 valence electrons. The number of para-hydroxylation sites is 1. The van der Waals surface area contributed by atoms with Gasteiger partial charge in [0, 0.05) is 13.1 Å². The number of fused-ring (bicyclic) bond motifs is 2. The van der Waals surface area contributed by atoms with Gasteiger partial charge in [-0.2, -0.15) is 0 Å². The number of benzene rings is 1. The van der Waals surface area contributed by atoms with E-state index in [1.54, 1.807) is 25.1 Å². The molecule has 0 unspecified atom stereocenters. The number of hydrogen-bond donors (Lipinski definition) is 1. The number of methoxy groups -OCH3 is 1. The molecule has 2 fully saturated rings. The van der Waals surface area contributed by atoms with Crippen LogP contribution in [0.5, 0.6) is 11.5 Å². The van der Waals surface area contributed by atoms with Crippen molar-refractivity contribution in [3.8, 4) is 11.5 Å². The molecule has 1 saturated carbocycles. The van der Waals surface area contributed by atoms with Crippen molar-refractivity contribution in [3.63, 3.8) is 0 Å². The Morgan fingerprint density at radius 2 is 2.07 bits per heavy atom. The summed E-state index contributed by atoms with van der Waals surface area (Å²) in [5, 5.41) is 10.4. The van der Waals surface area contributed by atoms with Gasteiger partial charge in [-0.25, -0.2) is 0 Å². The monoisotopic (exact) mass is 451 g/mol. The highest BCUT2D eigenvalue weighted by molar-refractivity contribution is 9.10. The minimum absolute atomic E-state index is 0.152. The van der Waals surface area contributed by atoms with E-state index in [9.17, 15) is 14.7 Å². The van der Waals surface area contributed by atoms with Crippen molar-refractivity contribution in [1.82, 2.24) is 4.90 Å². The number of rotatable bonds is 5. The molecule has 28 heavy (non-hydrogen) atoms. The van der Waals surface area contributed by atoms with Gasteiger partial charge in [-0.15, -0.1) is 0 Å². The largest absolute Gasteiger partial charge is 0.504 e. The van der Waals surface area contributed by atoms with Gasteiger partial charge in [0.15, 0.2) is 17.3 Å². The van der Waals surface area contributed by atoms with Crippen LogP contribution < -0.4 is 4.74 Å². The third kappa shape index (κ3) is 3.46. The smallest absolute Gasteiger partial charge is 0.317 e. The molecular weight excluding hydrogens is 426 g/mol. The molecule has 1 heterocycles. The minimum atomic E-state index is -0.866. The summed E-state index contributed by atoms with van der Waals surface area (Å²) >= 11 is 3.84. The Kier molecular flexibility index (Phi) is 5.87. The predicted molar refractivity (Wildman–Crippen MR) is 109 cm³/mol. The quantitative estimate of drug-likeness (QED) is 0.320. The SMILES string of the molecule is CCOC(=O)[C@]12CCC[C@](Br)(CN(C)C1)/C2=C/C(=O)c1cccc(OC)c1O. The van der Waals surface area contributed by atoms with Crippen molar-refractivity contribution in [2.24, 2.45) is 5.41 Å². The fourth-order valence-corrected chi connectivity index (χ4v) is 5.75. The highest BCUT2D eigenvalue weighted by Crippen LogP contribution is 2.55. The molecule has 0 radical (unpaired) electrons. The lowest BCUT2D eigenvalue weighted by Crippen LogP contribution is -2.60. The van der Waals surface area contributed by atoms with Crippen LogP contribution in [0, 0.1) is 5.41 Å². The average molecular weight is 452 g/mol. The molecule has 0 amide bonds. The third-order valence-electron chi connectivity index (χ3n) is 5.66. The third-order valence-corrected chi connectivity index (χ3v) is 6.74. The van der Waals surface area contributed by atoms with E-state index in [1.165, 1.54) is 13.2 Å². The minimum Gasteiger partial charge on any atom is -0.504 e.